The zero-order valence-electron chi connectivity index (χ0n) is 22.7. The van der Waals surface area contributed by atoms with Crippen LogP contribution in [0.5, 0.6) is 0 Å². The Bertz CT molecular complexity index is 1200. The lowest BCUT2D eigenvalue weighted by Crippen LogP contribution is -2.53. The molecule has 0 unspecified atom stereocenters. The van der Waals surface area contributed by atoms with Crippen LogP contribution < -0.4 is 5.56 Å². The molecule has 1 aliphatic carbocycles. The van der Waals surface area contributed by atoms with Gasteiger partial charge in [-0.3, -0.25) is 14.5 Å². The predicted molar refractivity (Wildman–Crippen MR) is 152 cm³/mol. The van der Waals surface area contributed by atoms with Crippen LogP contribution in [0.3, 0.4) is 0 Å². The molecule has 2 aliphatic rings. The monoisotopic (exact) mass is 569 g/mol. The van der Waals surface area contributed by atoms with Crippen molar-refractivity contribution < 1.29 is 9.53 Å². The van der Waals surface area contributed by atoms with E-state index in [1.54, 1.807) is 24.8 Å². The third kappa shape index (κ3) is 7.01. The number of hydrogen-bond acceptors (Lipinski definition) is 4. The lowest BCUT2D eigenvalue weighted by molar-refractivity contribution is -0.140. The Kier molecular flexibility index (Phi) is 8.77. The normalized spacial score (nSPS) is 20.9. The molecule has 0 N–H and O–H groups in total. The maximum atomic E-state index is 14.3. The van der Waals surface area contributed by atoms with E-state index in [0.717, 1.165) is 47.0 Å². The number of amides is 1. The van der Waals surface area contributed by atoms with Crippen LogP contribution in [0.2, 0.25) is 0 Å². The van der Waals surface area contributed by atoms with Crippen LogP contribution in [-0.2, 0) is 23.1 Å². The molecule has 200 valence electrons. The van der Waals surface area contributed by atoms with Crippen molar-refractivity contribution in [3.05, 3.63) is 74.1 Å². The fraction of sp³-hybridized carbons (Fsp3) is 0.533. The lowest BCUT2D eigenvalue weighted by atomic mass is 9.78. The molecule has 1 saturated carbocycles. The van der Waals surface area contributed by atoms with Crippen LogP contribution in [0, 0.1) is 5.92 Å². The Hall–Kier alpha value is -2.22. The number of hydrogen-bond donors (Lipinski definition) is 0. The van der Waals surface area contributed by atoms with Gasteiger partial charge in [-0.15, -0.1) is 0 Å². The SMILES string of the molecule is COC/C=C/c1cc(Br)cc(CN(C(=O)[C@@H]2CN(C(C)(C)C)CC[C@H]2c2ccn(C)c(=O)c2)C2CC2)c1. The van der Waals surface area contributed by atoms with E-state index in [0.29, 0.717) is 19.7 Å². The highest BCUT2D eigenvalue weighted by atomic mass is 79.9. The third-order valence-corrected chi connectivity index (χ3v) is 8.07. The molecule has 0 spiro atoms. The van der Waals surface area contributed by atoms with E-state index in [1.165, 1.54) is 0 Å². The molecule has 1 saturated heterocycles. The lowest BCUT2D eigenvalue weighted by Gasteiger charge is -2.45. The van der Waals surface area contributed by atoms with Gasteiger partial charge in [0.25, 0.3) is 5.56 Å². The minimum Gasteiger partial charge on any atom is -0.381 e. The molecule has 0 bridgehead atoms. The van der Waals surface area contributed by atoms with Crippen molar-refractivity contribution >= 4 is 27.9 Å². The molecule has 2 aromatic rings. The molecule has 37 heavy (non-hydrogen) atoms. The van der Waals surface area contributed by atoms with E-state index >= 15 is 0 Å². The summed E-state index contributed by atoms with van der Waals surface area (Å²) in [6.45, 7) is 9.41. The van der Waals surface area contributed by atoms with Crippen molar-refractivity contribution in [1.29, 1.82) is 0 Å². The third-order valence-electron chi connectivity index (χ3n) is 7.61. The van der Waals surface area contributed by atoms with E-state index in [9.17, 15) is 9.59 Å². The number of aromatic nitrogens is 1. The number of ether oxygens (including phenoxy) is 1. The number of nitrogens with zero attached hydrogens (tertiary/aromatic N) is 3. The van der Waals surface area contributed by atoms with Crippen LogP contribution in [-0.4, -0.2) is 58.7 Å². The number of carbonyl (C=O) groups excluding carboxylic acids is 1. The number of likely N-dealkylation sites (tertiary alicyclic amines) is 1. The van der Waals surface area contributed by atoms with E-state index < -0.39 is 0 Å². The van der Waals surface area contributed by atoms with Gasteiger partial charge < -0.3 is 14.2 Å². The molecule has 1 aliphatic heterocycles. The van der Waals surface area contributed by atoms with E-state index in [1.807, 2.05) is 18.3 Å². The van der Waals surface area contributed by atoms with Gasteiger partial charge in [-0.25, -0.2) is 0 Å². The Morgan fingerprint density at radius 1 is 1.19 bits per heavy atom. The molecule has 4 rings (SSSR count). The van der Waals surface area contributed by atoms with Crippen LogP contribution >= 0.6 is 15.9 Å². The second-order valence-corrected chi connectivity index (χ2v) is 12.4. The van der Waals surface area contributed by atoms with Gasteiger partial charge in [0.1, 0.15) is 0 Å². The van der Waals surface area contributed by atoms with Crippen LogP contribution in [0.1, 0.15) is 62.6 Å². The Balaban J connectivity index is 1.64. The molecule has 0 radical (unpaired) electrons. The van der Waals surface area contributed by atoms with Crippen LogP contribution in [0.4, 0.5) is 0 Å². The van der Waals surface area contributed by atoms with Gasteiger partial charge >= 0.3 is 0 Å². The van der Waals surface area contributed by atoms with Crippen LogP contribution in [0.15, 0.2) is 51.9 Å². The van der Waals surface area contributed by atoms with Crippen molar-refractivity contribution in [2.45, 2.75) is 64.1 Å². The number of carbonyl (C=O) groups is 1. The first-order chi connectivity index (χ1) is 17.6. The number of halogens is 1. The van der Waals surface area contributed by atoms with Gasteiger partial charge in [-0.1, -0.05) is 28.1 Å². The van der Waals surface area contributed by atoms with E-state index in [-0.39, 0.29) is 34.9 Å². The summed E-state index contributed by atoms with van der Waals surface area (Å²) in [6.07, 6.45) is 8.83. The zero-order valence-corrected chi connectivity index (χ0v) is 24.3. The first-order valence-electron chi connectivity index (χ1n) is 13.2. The predicted octanol–water partition coefficient (Wildman–Crippen LogP) is 5.20. The molecule has 1 aromatic heterocycles. The number of aryl methyl sites for hydroxylation is 1. The number of benzene rings is 1. The summed E-state index contributed by atoms with van der Waals surface area (Å²) in [5.74, 6) is 0.0591. The minimum atomic E-state index is -0.186. The van der Waals surface area contributed by atoms with Gasteiger partial charge in [-0.05, 0) is 93.5 Å². The molecule has 2 atom stereocenters. The Labute approximate surface area is 229 Å². The molecular formula is C30H40BrN3O3. The van der Waals surface area contributed by atoms with Gasteiger partial charge in [0.15, 0.2) is 0 Å². The summed E-state index contributed by atoms with van der Waals surface area (Å²) < 4.78 is 7.73. The highest BCUT2D eigenvalue weighted by Crippen LogP contribution is 2.39. The van der Waals surface area contributed by atoms with Crippen molar-refractivity contribution in [1.82, 2.24) is 14.4 Å². The second-order valence-electron chi connectivity index (χ2n) is 11.5. The van der Waals surface area contributed by atoms with Crippen molar-refractivity contribution in [3.63, 3.8) is 0 Å². The summed E-state index contributed by atoms with van der Waals surface area (Å²) in [5.41, 5.74) is 3.14. The topological polar surface area (TPSA) is 54.8 Å². The number of piperidine rings is 1. The largest absolute Gasteiger partial charge is 0.381 e. The summed E-state index contributed by atoms with van der Waals surface area (Å²) in [4.78, 5) is 31.4. The van der Waals surface area contributed by atoms with Gasteiger partial charge in [-0.2, -0.15) is 0 Å². The number of methoxy groups -OCH3 is 1. The van der Waals surface area contributed by atoms with E-state index in [2.05, 4.69) is 70.8 Å². The molecular weight excluding hydrogens is 530 g/mol. The molecule has 1 amide bonds. The maximum absolute atomic E-state index is 14.3. The van der Waals surface area contributed by atoms with Crippen molar-refractivity contribution in [2.75, 3.05) is 26.8 Å². The highest BCUT2D eigenvalue weighted by molar-refractivity contribution is 9.10. The number of rotatable bonds is 8. The molecule has 1 aromatic carbocycles. The Morgan fingerprint density at radius 2 is 1.95 bits per heavy atom. The van der Waals surface area contributed by atoms with Gasteiger partial charge in [0.2, 0.25) is 5.91 Å². The van der Waals surface area contributed by atoms with Crippen LogP contribution in [0.25, 0.3) is 6.08 Å². The van der Waals surface area contributed by atoms with E-state index in [4.69, 9.17) is 4.74 Å². The maximum Gasteiger partial charge on any atom is 0.250 e. The quantitative estimate of drug-likeness (QED) is 0.438. The average molecular weight is 571 g/mol. The smallest absolute Gasteiger partial charge is 0.250 e. The van der Waals surface area contributed by atoms with Crippen molar-refractivity contribution in [2.24, 2.45) is 13.0 Å². The van der Waals surface area contributed by atoms with Gasteiger partial charge in [0.05, 0.1) is 12.5 Å². The first-order valence-corrected chi connectivity index (χ1v) is 14.0. The minimum absolute atomic E-state index is 0.0194. The summed E-state index contributed by atoms with van der Waals surface area (Å²) in [6, 6.07) is 10.4. The first kappa shape index (κ1) is 27.8. The van der Waals surface area contributed by atoms with Crippen molar-refractivity contribution in [3.8, 4) is 0 Å². The standard InChI is InChI=1S/C30H40BrN3O3/c1-30(2,3)33-13-11-26(23-10-12-32(4)28(35)18-23)27(20-33)29(36)34(25-8-9-25)19-22-15-21(7-6-14-37-5)16-24(31)17-22/h6-7,10,12,15-18,25-27H,8-9,11,13-14,19-20H2,1-5H3/b7-6+/t26-,27+/m0/s1. The highest BCUT2D eigenvalue weighted by Gasteiger charge is 2.43. The molecule has 2 fully saturated rings. The molecule has 6 nitrogen and oxygen atoms in total. The average Bonchev–Trinajstić information content (AvgIpc) is 3.68. The fourth-order valence-electron chi connectivity index (χ4n) is 5.33. The number of pyridine rings is 1. The van der Waals surface area contributed by atoms with Gasteiger partial charge in [0, 0.05) is 55.6 Å². The summed E-state index contributed by atoms with van der Waals surface area (Å²) in [7, 11) is 3.45. The zero-order chi connectivity index (χ0) is 26.7. The molecule has 7 heteroatoms. The molecule has 2 heterocycles. The fourth-order valence-corrected chi connectivity index (χ4v) is 5.89. The summed E-state index contributed by atoms with van der Waals surface area (Å²) in [5, 5.41) is 0. The Morgan fingerprint density at radius 3 is 2.59 bits per heavy atom. The summed E-state index contributed by atoms with van der Waals surface area (Å²) >= 11 is 3.65. The second kappa shape index (κ2) is 11.7.